The van der Waals surface area contributed by atoms with E-state index in [2.05, 4.69) is 19.1 Å². The summed E-state index contributed by atoms with van der Waals surface area (Å²) >= 11 is 0. The minimum Gasteiger partial charge on any atom is -0.488 e. The lowest BCUT2D eigenvalue weighted by atomic mass is 10.1. The van der Waals surface area contributed by atoms with Gasteiger partial charge in [-0.1, -0.05) is 43.3 Å². The van der Waals surface area contributed by atoms with Gasteiger partial charge in [0.25, 0.3) is 0 Å². The van der Waals surface area contributed by atoms with Crippen LogP contribution in [0, 0.1) is 6.92 Å². The number of rotatable bonds is 5. The normalized spacial score (nSPS) is 10.3. The quantitative estimate of drug-likeness (QED) is 0.898. The summed E-state index contributed by atoms with van der Waals surface area (Å²) in [4.78, 5) is 11.2. The first-order valence-electron chi connectivity index (χ1n) is 6.65. The minimum absolute atomic E-state index is 0.204. The third-order valence-electron chi connectivity index (χ3n) is 3.26. The van der Waals surface area contributed by atoms with E-state index in [9.17, 15) is 9.90 Å². The number of ether oxygens (including phenoxy) is 1. The lowest BCUT2D eigenvalue weighted by Gasteiger charge is -2.12. The Bertz CT molecular complexity index is 600. The molecule has 20 heavy (non-hydrogen) atoms. The van der Waals surface area contributed by atoms with Gasteiger partial charge in [0, 0.05) is 0 Å². The van der Waals surface area contributed by atoms with E-state index in [1.54, 1.807) is 12.1 Å². The van der Waals surface area contributed by atoms with Gasteiger partial charge in [0.15, 0.2) is 0 Å². The zero-order valence-corrected chi connectivity index (χ0v) is 11.7. The summed E-state index contributed by atoms with van der Waals surface area (Å²) < 4.78 is 5.71. The van der Waals surface area contributed by atoms with Gasteiger partial charge in [0.1, 0.15) is 17.9 Å². The fraction of sp³-hybridized carbons (Fsp3) is 0.235. The van der Waals surface area contributed by atoms with Gasteiger partial charge in [0.05, 0.1) is 0 Å². The molecule has 1 N–H and O–H groups in total. The Morgan fingerprint density at radius 1 is 1.10 bits per heavy atom. The van der Waals surface area contributed by atoms with Gasteiger partial charge in [-0.25, -0.2) is 4.79 Å². The maximum atomic E-state index is 11.2. The smallest absolute Gasteiger partial charge is 0.339 e. The SMILES string of the molecule is CCc1ccc(COc2c(C)cccc2C(=O)O)cc1. The maximum Gasteiger partial charge on any atom is 0.339 e. The fourth-order valence-corrected chi connectivity index (χ4v) is 2.04. The number of benzene rings is 2. The number of hydrogen-bond donors (Lipinski definition) is 1. The molecule has 0 unspecified atom stereocenters. The van der Waals surface area contributed by atoms with E-state index in [1.165, 1.54) is 5.56 Å². The van der Waals surface area contributed by atoms with E-state index in [-0.39, 0.29) is 5.56 Å². The van der Waals surface area contributed by atoms with Crippen molar-refractivity contribution in [2.45, 2.75) is 26.9 Å². The minimum atomic E-state index is -0.968. The molecule has 104 valence electrons. The van der Waals surface area contributed by atoms with Crippen molar-refractivity contribution in [3.63, 3.8) is 0 Å². The van der Waals surface area contributed by atoms with Crippen molar-refractivity contribution < 1.29 is 14.6 Å². The third-order valence-corrected chi connectivity index (χ3v) is 3.26. The number of aromatic carboxylic acids is 1. The molecule has 0 aromatic heterocycles. The zero-order chi connectivity index (χ0) is 14.5. The molecular weight excluding hydrogens is 252 g/mol. The molecule has 0 aliphatic carbocycles. The molecule has 2 aromatic rings. The first-order valence-corrected chi connectivity index (χ1v) is 6.65. The van der Waals surface area contributed by atoms with E-state index in [1.807, 2.05) is 25.1 Å². The van der Waals surface area contributed by atoms with Crippen LogP contribution in [0.2, 0.25) is 0 Å². The molecule has 3 nitrogen and oxygen atoms in total. The number of carboxylic acid groups (broad SMARTS) is 1. The summed E-state index contributed by atoms with van der Waals surface area (Å²) in [6.07, 6.45) is 1.00. The summed E-state index contributed by atoms with van der Waals surface area (Å²) in [7, 11) is 0. The van der Waals surface area contributed by atoms with E-state index < -0.39 is 5.97 Å². The molecule has 0 saturated carbocycles. The molecule has 0 bridgehead atoms. The van der Waals surface area contributed by atoms with Crippen LogP contribution in [-0.4, -0.2) is 11.1 Å². The first-order chi connectivity index (χ1) is 9.61. The highest BCUT2D eigenvalue weighted by atomic mass is 16.5. The molecule has 0 amide bonds. The molecule has 0 spiro atoms. The topological polar surface area (TPSA) is 46.5 Å². The maximum absolute atomic E-state index is 11.2. The van der Waals surface area contributed by atoms with Crippen LogP contribution in [0.25, 0.3) is 0 Å². The summed E-state index contributed by atoms with van der Waals surface area (Å²) in [6, 6.07) is 13.3. The second-order valence-electron chi connectivity index (χ2n) is 4.72. The molecule has 2 rings (SSSR count). The van der Waals surface area contributed by atoms with E-state index in [0.29, 0.717) is 12.4 Å². The molecule has 3 heteroatoms. The monoisotopic (exact) mass is 270 g/mol. The van der Waals surface area contributed by atoms with Crippen molar-refractivity contribution in [1.29, 1.82) is 0 Å². The Morgan fingerprint density at radius 2 is 1.75 bits per heavy atom. The Kier molecular flexibility index (Phi) is 4.41. The molecule has 0 saturated heterocycles. The standard InChI is InChI=1S/C17H18O3/c1-3-13-7-9-14(10-8-13)11-20-16-12(2)5-4-6-15(16)17(18)19/h4-10H,3,11H2,1-2H3,(H,18,19). The number of carboxylic acids is 1. The molecule has 0 aliphatic heterocycles. The van der Waals surface area contributed by atoms with Crippen LogP contribution in [0.1, 0.15) is 34.0 Å². The lowest BCUT2D eigenvalue weighted by Crippen LogP contribution is -2.05. The Morgan fingerprint density at radius 3 is 2.35 bits per heavy atom. The van der Waals surface area contributed by atoms with Crippen LogP contribution in [0.3, 0.4) is 0 Å². The van der Waals surface area contributed by atoms with E-state index in [0.717, 1.165) is 17.5 Å². The molecule has 0 atom stereocenters. The summed E-state index contributed by atoms with van der Waals surface area (Å²) in [6.45, 7) is 4.33. The largest absolute Gasteiger partial charge is 0.488 e. The first kappa shape index (κ1) is 14.1. The van der Waals surface area contributed by atoms with Crippen LogP contribution in [0.5, 0.6) is 5.75 Å². The highest BCUT2D eigenvalue weighted by molar-refractivity contribution is 5.91. The number of carbonyl (C=O) groups is 1. The number of aryl methyl sites for hydroxylation is 2. The third kappa shape index (κ3) is 3.18. The van der Waals surface area contributed by atoms with Crippen molar-refractivity contribution in [1.82, 2.24) is 0 Å². The van der Waals surface area contributed by atoms with Crippen LogP contribution in [0.4, 0.5) is 0 Å². The highest BCUT2D eigenvalue weighted by Crippen LogP contribution is 2.24. The second kappa shape index (κ2) is 6.24. The van der Waals surface area contributed by atoms with E-state index >= 15 is 0 Å². The predicted octanol–water partition coefficient (Wildman–Crippen LogP) is 3.83. The molecule has 0 heterocycles. The average Bonchev–Trinajstić information content (AvgIpc) is 2.46. The predicted molar refractivity (Wildman–Crippen MR) is 78.3 cm³/mol. The van der Waals surface area contributed by atoms with E-state index in [4.69, 9.17) is 4.74 Å². The summed E-state index contributed by atoms with van der Waals surface area (Å²) in [5, 5.41) is 9.18. The number of para-hydroxylation sites is 1. The lowest BCUT2D eigenvalue weighted by molar-refractivity contribution is 0.0691. The van der Waals surface area contributed by atoms with Gasteiger partial charge in [-0.15, -0.1) is 0 Å². The Hall–Kier alpha value is -2.29. The zero-order valence-electron chi connectivity index (χ0n) is 11.7. The van der Waals surface area contributed by atoms with Crippen LogP contribution in [0.15, 0.2) is 42.5 Å². The molecular formula is C17H18O3. The summed E-state index contributed by atoms with van der Waals surface area (Å²) in [5.74, 6) is -0.524. The Balaban J connectivity index is 2.16. The van der Waals surface area contributed by atoms with Gasteiger partial charge in [-0.3, -0.25) is 0 Å². The van der Waals surface area contributed by atoms with Crippen LogP contribution < -0.4 is 4.74 Å². The van der Waals surface area contributed by atoms with Crippen molar-refractivity contribution >= 4 is 5.97 Å². The fourth-order valence-electron chi connectivity index (χ4n) is 2.04. The molecule has 2 aromatic carbocycles. The van der Waals surface area contributed by atoms with Crippen LogP contribution in [-0.2, 0) is 13.0 Å². The number of hydrogen-bond acceptors (Lipinski definition) is 2. The Labute approximate surface area is 118 Å². The van der Waals surface area contributed by atoms with Gasteiger partial charge >= 0.3 is 5.97 Å². The van der Waals surface area contributed by atoms with Crippen molar-refractivity contribution in [2.24, 2.45) is 0 Å². The average molecular weight is 270 g/mol. The van der Waals surface area contributed by atoms with Gasteiger partial charge in [-0.05, 0) is 36.1 Å². The van der Waals surface area contributed by atoms with Gasteiger partial charge < -0.3 is 9.84 Å². The molecule has 0 radical (unpaired) electrons. The highest BCUT2D eigenvalue weighted by Gasteiger charge is 2.13. The van der Waals surface area contributed by atoms with Crippen molar-refractivity contribution in [2.75, 3.05) is 0 Å². The summed E-state index contributed by atoms with van der Waals surface area (Å²) in [5.41, 5.74) is 3.34. The van der Waals surface area contributed by atoms with Crippen molar-refractivity contribution in [3.05, 3.63) is 64.7 Å². The van der Waals surface area contributed by atoms with Crippen LogP contribution >= 0.6 is 0 Å². The van der Waals surface area contributed by atoms with Gasteiger partial charge in [-0.2, -0.15) is 0 Å². The molecule has 0 aliphatic rings. The van der Waals surface area contributed by atoms with Gasteiger partial charge in [0.2, 0.25) is 0 Å². The van der Waals surface area contributed by atoms with Crippen molar-refractivity contribution in [3.8, 4) is 5.75 Å². The molecule has 0 fully saturated rings. The second-order valence-corrected chi connectivity index (χ2v) is 4.72.